The average Bonchev–Trinajstić information content (AvgIpc) is 3.44. The van der Waals surface area contributed by atoms with Gasteiger partial charge >= 0.3 is 0 Å². The Hall–Kier alpha value is -2.32. The highest BCUT2D eigenvalue weighted by molar-refractivity contribution is 5.89. The van der Waals surface area contributed by atoms with Gasteiger partial charge in [-0.2, -0.15) is 0 Å². The summed E-state index contributed by atoms with van der Waals surface area (Å²) in [5, 5.41) is 9.91. The van der Waals surface area contributed by atoms with Crippen molar-refractivity contribution in [2.24, 2.45) is 11.8 Å². The molecule has 0 bridgehead atoms. The first-order chi connectivity index (χ1) is 14.2. The van der Waals surface area contributed by atoms with Gasteiger partial charge in [0.2, 0.25) is 11.8 Å². The molecule has 0 spiro atoms. The Bertz CT molecular complexity index is 858. The molecular formula is C24H28N2O3. The number of carbonyl (C=O) groups excluding carboxylic acids is 2. The van der Waals surface area contributed by atoms with Gasteiger partial charge in [0, 0.05) is 29.9 Å². The third kappa shape index (κ3) is 3.44. The Morgan fingerprint density at radius 2 is 1.83 bits per heavy atom. The molecule has 1 aromatic rings. The van der Waals surface area contributed by atoms with Gasteiger partial charge in [-0.05, 0) is 43.4 Å². The van der Waals surface area contributed by atoms with Gasteiger partial charge in [0.15, 0.2) is 0 Å². The van der Waals surface area contributed by atoms with Crippen LogP contribution in [0.3, 0.4) is 0 Å². The van der Waals surface area contributed by atoms with Gasteiger partial charge in [0.1, 0.15) is 0 Å². The zero-order valence-corrected chi connectivity index (χ0v) is 16.7. The topological polar surface area (TPSA) is 60.9 Å². The molecule has 4 fully saturated rings. The summed E-state index contributed by atoms with van der Waals surface area (Å²) in [4.78, 5) is 28.7. The second-order valence-corrected chi connectivity index (χ2v) is 9.01. The largest absolute Gasteiger partial charge is 0.394 e. The molecule has 4 aliphatic rings. The highest BCUT2D eigenvalue weighted by Crippen LogP contribution is 2.43. The van der Waals surface area contributed by atoms with E-state index in [1.165, 1.54) is 25.7 Å². The number of nitrogens with zero attached hydrogens (tertiary/aromatic N) is 2. The van der Waals surface area contributed by atoms with E-state index in [0.29, 0.717) is 12.5 Å². The number of rotatable bonds is 3. The zero-order chi connectivity index (χ0) is 20.0. The van der Waals surface area contributed by atoms with Gasteiger partial charge < -0.3 is 14.9 Å². The second-order valence-electron chi connectivity index (χ2n) is 9.01. The van der Waals surface area contributed by atoms with E-state index in [0.717, 1.165) is 24.0 Å². The normalized spacial score (nSPS) is 29.1. The van der Waals surface area contributed by atoms with Crippen LogP contribution in [-0.2, 0) is 9.59 Å². The van der Waals surface area contributed by atoms with E-state index in [2.05, 4.69) is 24.0 Å². The van der Waals surface area contributed by atoms with Crippen LogP contribution in [0.1, 0.15) is 55.6 Å². The summed E-state index contributed by atoms with van der Waals surface area (Å²) >= 11 is 0. The standard InChI is InChI=1S/C24H28N2O3/c27-15-21-23(18-9-7-17(8-10-18)6-5-16-3-1-2-4-16)20-13-25(14-22(28)26(20)21)24(29)19-11-12-19/h7-10,16,19-21,23,27H,1-4,11-15H2/t20-,21-,23+/m1/s1. The summed E-state index contributed by atoms with van der Waals surface area (Å²) in [5.41, 5.74) is 2.13. The molecule has 29 heavy (non-hydrogen) atoms. The Morgan fingerprint density at radius 3 is 2.48 bits per heavy atom. The van der Waals surface area contributed by atoms with Crippen molar-refractivity contribution in [3.05, 3.63) is 35.4 Å². The molecule has 5 heteroatoms. The lowest BCUT2D eigenvalue weighted by Gasteiger charge is -2.58. The third-order valence-corrected chi connectivity index (χ3v) is 7.06. The molecule has 2 amide bonds. The van der Waals surface area contributed by atoms with Crippen molar-refractivity contribution < 1.29 is 14.7 Å². The van der Waals surface area contributed by atoms with Crippen LogP contribution in [0.2, 0.25) is 0 Å². The number of carbonyl (C=O) groups is 2. The molecular weight excluding hydrogens is 364 g/mol. The van der Waals surface area contributed by atoms with E-state index in [1.54, 1.807) is 9.80 Å². The molecule has 0 aromatic heterocycles. The van der Waals surface area contributed by atoms with Crippen molar-refractivity contribution in [3.8, 4) is 11.8 Å². The number of aliphatic hydroxyl groups excluding tert-OH is 1. The fourth-order valence-electron chi connectivity index (χ4n) is 5.30. The molecule has 2 heterocycles. The van der Waals surface area contributed by atoms with Crippen LogP contribution in [0.25, 0.3) is 0 Å². The van der Waals surface area contributed by atoms with Crippen molar-refractivity contribution in [2.75, 3.05) is 19.7 Å². The van der Waals surface area contributed by atoms with Crippen LogP contribution in [0.5, 0.6) is 0 Å². The number of aliphatic hydroxyl groups is 1. The van der Waals surface area contributed by atoms with E-state index in [4.69, 9.17) is 0 Å². The molecule has 3 atom stereocenters. The van der Waals surface area contributed by atoms with Gasteiger partial charge in [0.05, 0.1) is 25.2 Å². The maximum absolute atomic E-state index is 12.6. The Labute approximate surface area is 172 Å². The fraction of sp³-hybridized carbons (Fsp3) is 0.583. The van der Waals surface area contributed by atoms with Gasteiger partial charge in [0.25, 0.3) is 0 Å². The molecule has 2 saturated heterocycles. The number of amides is 2. The highest BCUT2D eigenvalue weighted by atomic mass is 16.3. The number of hydrogen-bond acceptors (Lipinski definition) is 3. The lowest BCUT2D eigenvalue weighted by atomic mass is 9.73. The van der Waals surface area contributed by atoms with Gasteiger partial charge in [-0.3, -0.25) is 9.59 Å². The van der Waals surface area contributed by atoms with E-state index in [9.17, 15) is 14.7 Å². The predicted octanol–water partition coefficient (Wildman–Crippen LogP) is 2.14. The highest BCUT2D eigenvalue weighted by Gasteiger charge is 2.55. The maximum Gasteiger partial charge on any atom is 0.242 e. The monoisotopic (exact) mass is 392 g/mol. The van der Waals surface area contributed by atoms with Crippen molar-refractivity contribution in [3.63, 3.8) is 0 Å². The van der Waals surface area contributed by atoms with Gasteiger partial charge in [-0.1, -0.05) is 36.8 Å². The number of benzene rings is 1. The molecule has 2 aliphatic carbocycles. The van der Waals surface area contributed by atoms with Crippen molar-refractivity contribution >= 4 is 11.8 Å². The molecule has 5 rings (SSSR count). The van der Waals surface area contributed by atoms with Gasteiger partial charge in [-0.15, -0.1) is 0 Å². The summed E-state index contributed by atoms with van der Waals surface area (Å²) in [6.07, 6.45) is 6.91. The second kappa shape index (κ2) is 7.50. The average molecular weight is 392 g/mol. The summed E-state index contributed by atoms with van der Waals surface area (Å²) in [6.45, 7) is 0.683. The first-order valence-corrected chi connectivity index (χ1v) is 11.0. The molecule has 0 unspecified atom stereocenters. The van der Waals surface area contributed by atoms with Crippen molar-refractivity contribution in [1.29, 1.82) is 0 Å². The molecule has 1 N–H and O–H groups in total. The molecule has 2 saturated carbocycles. The van der Waals surface area contributed by atoms with Crippen LogP contribution in [-0.4, -0.2) is 58.5 Å². The van der Waals surface area contributed by atoms with E-state index in [-0.39, 0.29) is 48.9 Å². The fourth-order valence-corrected chi connectivity index (χ4v) is 5.30. The minimum Gasteiger partial charge on any atom is -0.394 e. The van der Waals surface area contributed by atoms with Crippen LogP contribution in [0, 0.1) is 23.7 Å². The number of fused-ring (bicyclic) bond motifs is 1. The summed E-state index contributed by atoms with van der Waals surface area (Å²) in [5.74, 6) is 7.51. The summed E-state index contributed by atoms with van der Waals surface area (Å²) in [7, 11) is 0. The molecule has 152 valence electrons. The lowest BCUT2D eigenvalue weighted by molar-refractivity contribution is -0.167. The minimum atomic E-state index is -0.193. The number of hydrogen-bond donors (Lipinski definition) is 1. The minimum absolute atomic E-state index is 0.0356. The summed E-state index contributed by atoms with van der Waals surface area (Å²) in [6, 6.07) is 8.02. The maximum atomic E-state index is 12.6. The SMILES string of the molecule is O=C(C1CC1)N1CC(=O)N2[C@H](CO)[C@@H](c3ccc(C#CC4CCCC4)cc3)[C@H]2C1. The smallest absolute Gasteiger partial charge is 0.242 e. The lowest BCUT2D eigenvalue weighted by Crippen LogP contribution is -2.73. The first-order valence-electron chi connectivity index (χ1n) is 11.0. The zero-order valence-electron chi connectivity index (χ0n) is 16.7. The Balaban J connectivity index is 1.32. The Kier molecular flexibility index (Phi) is 4.83. The van der Waals surface area contributed by atoms with Gasteiger partial charge in [-0.25, -0.2) is 0 Å². The quantitative estimate of drug-likeness (QED) is 0.802. The predicted molar refractivity (Wildman–Crippen MR) is 109 cm³/mol. The van der Waals surface area contributed by atoms with Crippen LogP contribution in [0.15, 0.2) is 24.3 Å². The van der Waals surface area contributed by atoms with Crippen molar-refractivity contribution in [1.82, 2.24) is 9.80 Å². The van der Waals surface area contributed by atoms with Crippen LogP contribution < -0.4 is 0 Å². The summed E-state index contributed by atoms with van der Waals surface area (Å²) < 4.78 is 0. The molecule has 1 aromatic carbocycles. The van der Waals surface area contributed by atoms with E-state index >= 15 is 0 Å². The molecule has 2 aliphatic heterocycles. The van der Waals surface area contributed by atoms with E-state index < -0.39 is 0 Å². The molecule has 0 radical (unpaired) electrons. The van der Waals surface area contributed by atoms with E-state index in [1.807, 2.05) is 12.1 Å². The van der Waals surface area contributed by atoms with Crippen LogP contribution >= 0.6 is 0 Å². The first kappa shape index (κ1) is 18.7. The van der Waals surface area contributed by atoms with Crippen molar-refractivity contribution in [2.45, 2.75) is 56.5 Å². The molecule has 5 nitrogen and oxygen atoms in total. The number of piperazine rings is 1. The Morgan fingerprint density at radius 1 is 1.10 bits per heavy atom. The third-order valence-electron chi connectivity index (χ3n) is 7.06. The van der Waals surface area contributed by atoms with Crippen LogP contribution in [0.4, 0.5) is 0 Å².